The molecule has 1 atom stereocenters. The Balaban J connectivity index is 1.64. The van der Waals surface area contributed by atoms with Crippen LogP contribution < -0.4 is 4.74 Å². The maximum atomic E-state index is 12.3. The van der Waals surface area contributed by atoms with Crippen LogP contribution in [0.25, 0.3) is 0 Å². The molecule has 2 heterocycles. The van der Waals surface area contributed by atoms with E-state index in [1.54, 1.807) is 4.90 Å². The van der Waals surface area contributed by atoms with Crippen molar-refractivity contribution < 1.29 is 19.4 Å². The third-order valence-electron chi connectivity index (χ3n) is 4.23. The van der Waals surface area contributed by atoms with Crippen LogP contribution in [-0.4, -0.2) is 41.6 Å². The minimum Gasteiger partial charge on any atom is -0.493 e. The summed E-state index contributed by atoms with van der Waals surface area (Å²) in [6.07, 6.45) is 2.65. The molecule has 1 N–H and O–H groups in total. The Labute approximate surface area is 123 Å². The summed E-state index contributed by atoms with van der Waals surface area (Å²) in [5, 5.41) is 9.08. The lowest BCUT2D eigenvalue weighted by atomic mass is 9.97. The summed E-state index contributed by atoms with van der Waals surface area (Å²) in [4.78, 5) is 25.1. The molecule has 0 aromatic heterocycles. The predicted molar refractivity (Wildman–Crippen MR) is 76.3 cm³/mol. The Morgan fingerprint density at radius 2 is 2.24 bits per heavy atom. The maximum absolute atomic E-state index is 12.3. The van der Waals surface area contributed by atoms with Crippen LogP contribution in [0.1, 0.15) is 24.0 Å². The lowest BCUT2D eigenvalue weighted by Crippen LogP contribution is -2.43. The number of hydrogen-bond acceptors (Lipinski definition) is 3. The molecular formula is C16H19NO4. The molecule has 112 valence electrons. The van der Waals surface area contributed by atoms with Gasteiger partial charge >= 0.3 is 5.97 Å². The minimum atomic E-state index is -0.804. The summed E-state index contributed by atoms with van der Waals surface area (Å²) in [7, 11) is 0. The molecule has 0 aliphatic carbocycles. The fraction of sp³-hybridized carbons (Fsp3) is 0.500. The molecule has 0 spiro atoms. The number of carboxylic acid groups (broad SMARTS) is 1. The molecule has 1 aromatic carbocycles. The van der Waals surface area contributed by atoms with E-state index in [4.69, 9.17) is 9.84 Å². The van der Waals surface area contributed by atoms with E-state index in [1.165, 1.54) is 0 Å². The van der Waals surface area contributed by atoms with Gasteiger partial charge < -0.3 is 14.7 Å². The number of amides is 1. The van der Waals surface area contributed by atoms with Crippen LogP contribution >= 0.6 is 0 Å². The Bertz CT molecular complexity index is 569. The van der Waals surface area contributed by atoms with E-state index in [0.29, 0.717) is 32.5 Å². The fourth-order valence-electron chi connectivity index (χ4n) is 3.04. The number of rotatable bonds is 3. The zero-order valence-electron chi connectivity index (χ0n) is 11.9. The van der Waals surface area contributed by atoms with Gasteiger partial charge in [-0.25, -0.2) is 0 Å². The lowest BCUT2D eigenvalue weighted by Gasteiger charge is -2.30. The molecule has 2 aliphatic rings. The first-order chi connectivity index (χ1) is 10.1. The predicted octanol–water partition coefficient (Wildman–Crippen LogP) is 1.49. The Morgan fingerprint density at radius 3 is 3.05 bits per heavy atom. The molecule has 0 radical (unpaired) electrons. The zero-order chi connectivity index (χ0) is 14.8. The molecule has 1 aromatic rings. The van der Waals surface area contributed by atoms with Crippen LogP contribution in [0.2, 0.25) is 0 Å². The zero-order valence-corrected chi connectivity index (χ0v) is 11.9. The molecule has 3 rings (SSSR count). The largest absolute Gasteiger partial charge is 0.493 e. The van der Waals surface area contributed by atoms with Crippen LogP contribution in [0.3, 0.4) is 0 Å². The van der Waals surface area contributed by atoms with Crippen molar-refractivity contribution in [2.75, 3.05) is 19.7 Å². The van der Waals surface area contributed by atoms with Gasteiger partial charge in [0.1, 0.15) is 5.75 Å². The summed E-state index contributed by atoms with van der Waals surface area (Å²) in [5.74, 6) is -0.298. The highest BCUT2D eigenvalue weighted by molar-refractivity contribution is 5.80. The highest BCUT2D eigenvalue weighted by atomic mass is 16.5. The van der Waals surface area contributed by atoms with Crippen LogP contribution in [-0.2, 0) is 22.4 Å². The number of carbonyl (C=O) groups excluding carboxylic acids is 1. The SMILES string of the molecule is O=C(O)[C@H]1CCCN(C(=O)Cc2ccc3c(c2)CCO3)C1. The Hall–Kier alpha value is -2.04. The van der Waals surface area contributed by atoms with E-state index in [-0.39, 0.29) is 5.91 Å². The van der Waals surface area contributed by atoms with Gasteiger partial charge in [-0.15, -0.1) is 0 Å². The number of benzene rings is 1. The van der Waals surface area contributed by atoms with Crippen LogP contribution in [0.5, 0.6) is 5.75 Å². The number of likely N-dealkylation sites (tertiary alicyclic amines) is 1. The van der Waals surface area contributed by atoms with Crippen molar-refractivity contribution in [1.82, 2.24) is 4.90 Å². The van der Waals surface area contributed by atoms with Gasteiger partial charge in [0, 0.05) is 19.5 Å². The molecule has 5 heteroatoms. The average Bonchev–Trinajstić information content (AvgIpc) is 2.95. The normalized spacial score (nSPS) is 20.8. The van der Waals surface area contributed by atoms with Crippen LogP contribution in [0.15, 0.2) is 18.2 Å². The lowest BCUT2D eigenvalue weighted by molar-refractivity contribution is -0.145. The van der Waals surface area contributed by atoms with Crippen molar-refractivity contribution in [2.24, 2.45) is 5.92 Å². The third kappa shape index (κ3) is 3.01. The van der Waals surface area contributed by atoms with Crippen molar-refractivity contribution in [3.8, 4) is 5.75 Å². The van der Waals surface area contributed by atoms with E-state index in [1.807, 2.05) is 18.2 Å². The molecule has 0 unspecified atom stereocenters. The fourth-order valence-corrected chi connectivity index (χ4v) is 3.04. The van der Waals surface area contributed by atoms with Crippen LogP contribution in [0.4, 0.5) is 0 Å². The van der Waals surface area contributed by atoms with E-state index >= 15 is 0 Å². The van der Waals surface area contributed by atoms with E-state index in [2.05, 4.69) is 0 Å². The molecule has 1 fully saturated rings. The smallest absolute Gasteiger partial charge is 0.308 e. The first-order valence-corrected chi connectivity index (χ1v) is 7.38. The summed E-state index contributed by atoms with van der Waals surface area (Å²) >= 11 is 0. The van der Waals surface area contributed by atoms with Gasteiger partial charge in [0.25, 0.3) is 0 Å². The highest BCUT2D eigenvalue weighted by Crippen LogP contribution is 2.26. The van der Waals surface area contributed by atoms with Gasteiger partial charge in [0.15, 0.2) is 0 Å². The highest BCUT2D eigenvalue weighted by Gasteiger charge is 2.28. The Kier molecular flexibility index (Phi) is 3.82. The minimum absolute atomic E-state index is 0.0137. The molecule has 0 bridgehead atoms. The van der Waals surface area contributed by atoms with Crippen molar-refractivity contribution in [3.05, 3.63) is 29.3 Å². The van der Waals surface area contributed by atoms with Gasteiger partial charge in [-0.3, -0.25) is 9.59 Å². The van der Waals surface area contributed by atoms with Gasteiger partial charge in [0.05, 0.1) is 18.9 Å². The number of carbonyl (C=O) groups is 2. The molecule has 2 aliphatic heterocycles. The second kappa shape index (κ2) is 5.76. The number of hydrogen-bond donors (Lipinski definition) is 1. The van der Waals surface area contributed by atoms with E-state index in [9.17, 15) is 9.59 Å². The summed E-state index contributed by atoms with van der Waals surface area (Å²) < 4.78 is 5.45. The van der Waals surface area contributed by atoms with E-state index < -0.39 is 11.9 Å². The summed E-state index contributed by atoms with van der Waals surface area (Å²) in [5.41, 5.74) is 2.13. The molecule has 0 saturated carbocycles. The second-order valence-corrected chi connectivity index (χ2v) is 5.73. The molecule has 5 nitrogen and oxygen atoms in total. The average molecular weight is 289 g/mol. The first kappa shape index (κ1) is 13.9. The molecule has 21 heavy (non-hydrogen) atoms. The maximum Gasteiger partial charge on any atom is 0.308 e. The number of aliphatic carboxylic acids is 1. The second-order valence-electron chi connectivity index (χ2n) is 5.73. The van der Waals surface area contributed by atoms with Gasteiger partial charge in [-0.05, 0) is 30.0 Å². The molecule has 1 saturated heterocycles. The number of nitrogens with zero attached hydrogens (tertiary/aromatic N) is 1. The van der Waals surface area contributed by atoms with Crippen molar-refractivity contribution in [1.29, 1.82) is 0 Å². The molecular weight excluding hydrogens is 270 g/mol. The monoisotopic (exact) mass is 289 g/mol. The number of carboxylic acids is 1. The summed E-state index contributed by atoms with van der Waals surface area (Å²) in [6.45, 7) is 1.71. The number of ether oxygens (including phenoxy) is 1. The van der Waals surface area contributed by atoms with Crippen molar-refractivity contribution in [2.45, 2.75) is 25.7 Å². The van der Waals surface area contributed by atoms with Crippen molar-refractivity contribution in [3.63, 3.8) is 0 Å². The summed E-state index contributed by atoms with van der Waals surface area (Å²) in [6, 6.07) is 5.86. The Morgan fingerprint density at radius 1 is 1.38 bits per heavy atom. The number of fused-ring (bicyclic) bond motifs is 1. The van der Waals surface area contributed by atoms with Crippen LogP contribution in [0, 0.1) is 5.92 Å². The van der Waals surface area contributed by atoms with E-state index in [0.717, 1.165) is 29.7 Å². The van der Waals surface area contributed by atoms with Gasteiger partial charge in [-0.2, -0.15) is 0 Å². The molecule has 1 amide bonds. The van der Waals surface area contributed by atoms with Gasteiger partial charge in [-0.1, -0.05) is 12.1 Å². The number of piperidine rings is 1. The third-order valence-corrected chi connectivity index (χ3v) is 4.23. The first-order valence-electron chi connectivity index (χ1n) is 7.38. The topological polar surface area (TPSA) is 66.8 Å². The standard InChI is InChI=1S/C16H19NO4/c18-15(17-6-1-2-13(10-17)16(19)20)9-11-3-4-14-12(8-11)5-7-21-14/h3-4,8,13H,1-2,5-7,9-10H2,(H,19,20)/t13-/m0/s1. The quantitative estimate of drug-likeness (QED) is 0.915. The van der Waals surface area contributed by atoms with Gasteiger partial charge in [0.2, 0.25) is 5.91 Å². The van der Waals surface area contributed by atoms with Crippen molar-refractivity contribution >= 4 is 11.9 Å².